The van der Waals surface area contributed by atoms with E-state index in [1.807, 2.05) is 25.3 Å². The van der Waals surface area contributed by atoms with Crippen LogP contribution in [0.15, 0.2) is 17.5 Å². The van der Waals surface area contributed by atoms with Crippen LogP contribution in [0.25, 0.3) is 0 Å². The monoisotopic (exact) mass is 227 g/mol. The van der Waals surface area contributed by atoms with E-state index in [1.54, 1.807) is 0 Å². The molecule has 0 bridgehead atoms. The van der Waals surface area contributed by atoms with Gasteiger partial charge in [-0.05, 0) is 44.7 Å². The lowest BCUT2D eigenvalue weighted by Gasteiger charge is -2.14. The van der Waals surface area contributed by atoms with E-state index in [4.69, 9.17) is 4.74 Å². The molecule has 0 amide bonds. The largest absolute Gasteiger partial charge is 0.382 e. The molecule has 0 aromatic carbocycles. The number of hydrogen-bond acceptors (Lipinski definition) is 3. The second-order valence-corrected chi connectivity index (χ2v) is 4.64. The Morgan fingerprint density at radius 3 is 3.00 bits per heavy atom. The van der Waals surface area contributed by atoms with Crippen molar-refractivity contribution < 1.29 is 4.74 Å². The smallest absolute Gasteiger partial charge is 0.0466 e. The van der Waals surface area contributed by atoms with Crippen LogP contribution in [-0.4, -0.2) is 26.3 Å². The first-order valence-corrected chi connectivity index (χ1v) is 6.52. The van der Waals surface area contributed by atoms with Gasteiger partial charge in [-0.2, -0.15) is 0 Å². The molecule has 0 saturated carbocycles. The van der Waals surface area contributed by atoms with E-state index >= 15 is 0 Å². The minimum atomic E-state index is 0.587. The van der Waals surface area contributed by atoms with Gasteiger partial charge in [0.2, 0.25) is 0 Å². The molecule has 0 saturated heterocycles. The predicted molar refractivity (Wildman–Crippen MR) is 66.6 cm³/mol. The normalized spacial score (nSPS) is 12.9. The number of rotatable bonds is 8. The molecule has 2 nitrogen and oxygen atoms in total. The summed E-state index contributed by atoms with van der Waals surface area (Å²) in [5, 5.41) is 5.51. The zero-order valence-corrected chi connectivity index (χ0v) is 10.5. The third kappa shape index (κ3) is 5.30. The molecule has 0 radical (unpaired) electrons. The molecule has 0 aliphatic carbocycles. The van der Waals surface area contributed by atoms with E-state index in [2.05, 4.69) is 22.8 Å². The summed E-state index contributed by atoms with van der Waals surface area (Å²) in [6.45, 7) is 3.76. The maximum Gasteiger partial charge on any atom is 0.0466 e. The molecule has 15 heavy (non-hydrogen) atoms. The average Bonchev–Trinajstić information content (AvgIpc) is 2.75. The van der Waals surface area contributed by atoms with Crippen LogP contribution >= 0.6 is 11.3 Å². The second kappa shape index (κ2) is 7.85. The molecule has 1 atom stereocenters. The Morgan fingerprint density at radius 2 is 2.40 bits per heavy atom. The molecular weight excluding hydrogens is 206 g/mol. The van der Waals surface area contributed by atoms with Crippen LogP contribution in [0, 0.1) is 0 Å². The van der Waals surface area contributed by atoms with Crippen LogP contribution in [0.1, 0.15) is 24.6 Å². The number of likely N-dealkylation sites (N-methyl/N-ethyl adjacent to an activating group) is 1. The van der Waals surface area contributed by atoms with Gasteiger partial charge in [0, 0.05) is 24.1 Å². The Bertz CT molecular complexity index is 236. The highest BCUT2D eigenvalue weighted by Crippen LogP contribution is 2.13. The molecule has 0 spiro atoms. The Morgan fingerprint density at radius 1 is 1.53 bits per heavy atom. The Kier molecular flexibility index (Phi) is 6.64. The first-order valence-electron chi connectivity index (χ1n) is 5.64. The lowest BCUT2D eigenvalue weighted by molar-refractivity contribution is 0.141. The van der Waals surface area contributed by atoms with Gasteiger partial charge >= 0.3 is 0 Å². The lowest BCUT2D eigenvalue weighted by Crippen LogP contribution is -2.27. The summed E-state index contributed by atoms with van der Waals surface area (Å²) < 4.78 is 5.34. The summed E-state index contributed by atoms with van der Waals surface area (Å²) in [4.78, 5) is 1.46. The Balaban J connectivity index is 2.18. The summed E-state index contributed by atoms with van der Waals surface area (Å²) in [6, 6.07) is 4.91. The fourth-order valence-corrected chi connectivity index (χ4v) is 2.38. The summed E-state index contributed by atoms with van der Waals surface area (Å²) in [7, 11) is 2.04. The number of ether oxygens (including phenoxy) is 1. The highest BCUT2D eigenvalue weighted by molar-refractivity contribution is 7.09. The minimum Gasteiger partial charge on any atom is -0.382 e. The van der Waals surface area contributed by atoms with Gasteiger partial charge in [-0.15, -0.1) is 11.3 Å². The van der Waals surface area contributed by atoms with E-state index in [-0.39, 0.29) is 0 Å². The Labute approximate surface area is 96.7 Å². The highest BCUT2D eigenvalue weighted by Gasteiger charge is 2.07. The van der Waals surface area contributed by atoms with Gasteiger partial charge in [0.15, 0.2) is 0 Å². The van der Waals surface area contributed by atoms with Gasteiger partial charge in [0.05, 0.1) is 0 Å². The topological polar surface area (TPSA) is 21.3 Å². The van der Waals surface area contributed by atoms with Gasteiger partial charge < -0.3 is 10.1 Å². The molecule has 1 N–H and O–H groups in total. The van der Waals surface area contributed by atoms with Crippen molar-refractivity contribution in [2.75, 3.05) is 20.3 Å². The number of nitrogens with one attached hydrogen (secondary N) is 1. The van der Waals surface area contributed by atoms with Crippen LogP contribution < -0.4 is 5.32 Å². The summed E-state index contributed by atoms with van der Waals surface area (Å²) in [6.07, 6.45) is 3.47. The molecule has 0 aliphatic rings. The van der Waals surface area contributed by atoms with Crippen molar-refractivity contribution in [2.24, 2.45) is 0 Å². The van der Waals surface area contributed by atoms with Crippen molar-refractivity contribution in [3.05, 3.63) is 22.4 Å². The highest BCUT2D eigenvalue weighted by atomic mass is 32.1. The van der Waals surface area contributed by atoms with Crippen LogP contribution in [0.3, 0.4) is 0 Å². The van der Waals surface area contributed by atoms with Gasteiger partial charge in [-0.1, -0.05) is 6.07 Å². The molecule has 1 aromatic rings. The fourth-order valence-electron chi connectivity index (χ4n) is 1.60. The fraction of sp³-hybridized carbons (Fsp3) is 0.667. The van der Waals surface area contributed by atoms with Crippen molar-refractivity contribution in [1.29, 1.82) is 0 Å². The van der Waals surface area contributed by atoms with E-state index in [0.29, 0.717) is 6.04 Å². The first kappa shape index (κ1) is 12.7. The summed E-state index contributed by atoms with van der Waals surface area (Å²) in [5.74, 6) is 0. The van der Waals surface area contributed by atoms with Crippen molar-refractivity contribution in [3.63, 3.8) is 0 Å². The minimum absolute atomic E-state index is 0.587. The molecule has 1 unspecified atom stereocenters. The van der Waals surface area contributed by atoms with E-state index < -0.39 is 0 Å². The van der Waals surface area contributed by atoms with Crippen LogP contribution in [0.4, 0.5) is 0 Å². The third-order valence-corrected chi connectivity index (χ3v) is 3.38. The molecule has 1 rings (SSSR count). The number of hydrogen-bond donors (Lipinski definition) is 1. The first-order chi connectivity index (χ1) is 7.36. The molecule has 86 valence electrons. The second-order valence-electron chi connectivity index (χ2n) is 3.61. The third-order valence-electron chi connectivity index (χ3n) is 2.48. The van der Waals surface area contributed by atoms with Crippen molar-refractivity contribution in [1.82, 2.24) is 5.32 Å². The number of thiophene rings is 1. The molecule has 0 fully saturated rings. The molecule has 1 heterocycles. The molecule has 3 heteroatoms. The molecule has 0 aliphatic heterocycles. The Hall–Kier alpha value is -0.380. The van der Waals surface area contributed by atoms with E-state index in [9.17, 15) is 0 Å². The molecule has 1 aromatic heterocycles. The van der Waals surface area contributed by atoms with Crippen LogP contribution in [0.2, 0.25) is 0 Å². The van der Waals surface area contributed by atoms with Crippen LogP contribution in [-0.2, 0) is 11.2 Å². The van der Waals surface area contributed by atoms with Gasteiger partial charge in [-0.25, -0.2) is 0 Å². The summed E-state index contributed by atoms with van der Waals surface area (Å²) >= 11 is 1.84. The maximum atomic E-state index is 5.34. The zero-order chi connectivity index (χ0) is 10.9. The van der Waals surface area contributed by atoms with Crippen molar-refractivity contribution >= 4 is 11.3 Å². The quantitative estimate of drug-likeness (QED) is 0.689. The lowest BCUT2D eigenvalue weighted by atomic mass is 10.1. The predicted octanol–water partition coefficient (Wildman–Crippen LogP) is 2.70. The van der Waals surface area contributed by atoms with Crippen molar-refractivity contribution in [2.45, 2.75) is 32.2 Å². The average molecular weight is 227 g/mol. The van der Waals surface area contributed by atoms with E-state index in [1.165, 1.54) is 11.3 Å². The standard InChI is InChI=1S/C12H21NOS/c1-3-14-8-4-6-11(13-2)10-12-7-5-9-15-12/h5,7,9,11,13H,3-4,6,8,10H2,1-2H3. The zero-order valence-electron chi connectivity index (χ0n) is 9.66. The SMILES string of the molecule is CCOCCCC(Cc1cccs1)NC. The summed E-state index contributed by atoms with van der Waals surface area (Å²) in [5.41, 5.74) is 0. The van der Waals surface area contributed by atoms with Gasteiger partial charge in [0.1, 0.15) is 0 Å². The van der Waals surface area contributed by atoms with Crippen molar-refractivity contribution in [3.8, 4) is 0 Å². The van der Waals surface area contributed by atoms with E-state index in [0.717, 1.165) is 26.1 Å². The van der Waals surface area contributed by atoms with Gasteiger partial charge in [0.25, 0.3) is 0 Å². The van der Waals surface area contributed by atoms with Crippen LogP contribution in [0.5, 0.6) is 0 Å². The molecular formula is C12H21NOS. The van der Waals surface area contributed by atoms with Gasteiger partial charge in [-0.3, -0.25) is 0 Å². The maximum absolute atomic E-state index is 5.34.